The van der Waals surface area contributed by atoms with Gasteiger partial charge in [0.2, 0.25) is 15.9 Å². The van der Waals surface area contributed by atoms with Gasteiger partial charge in [0.1, 0.15) is 11.0 Å². The molecule has 4 atom stereocenters. The number of hydrogen-bond acceptors (Lipinski definition) is 10. The molecule has 3 aromatic rings. The van der Waals surface area contributed by atoms with E-state index in [4.69, 9.17) is 10.9 Å². The molecule has 2 fully saturated rings. The number of thiazole rings is 1. The predicted molar refractivity (Wildman–Crippen MR) is 196 cm³/mol. The number of amides is 3. The van der Waals surface area contributed by atoms with Crippen molar-refractivity contribution in [3.05, 3.63) is 81.8 Å². The molecule has 1 saturated carbocycles. The number of nitrogens with zero attached hydrogens (tertiary/aromatic N) is 5. The molecule has 0 spiro atoms. The van der Waals surface area contributed by atoms with Crippen LogP contribution in [0.3, 0.4) is 0 Å². The number of sulfonamides is 1. The van der Waals surface area contributed by atoms with Crippen LogP contribution in [0.2, 0.25) is 0 Å². The Morgan fingerprint density at radius 2 is 1.90 bits per heavy atom. The smallest absolute Gasteiger partial charge is 0.321 e. The van der Waals surface area contributed by atoms with Crippen molar-refractivity contribution in [3.63, 3.8) is 0 Å². The highest BCUT2D eigenvalue weighted by atomic mass is 32.2. The molecule has 51 heavy (non-hydrogen) atoms. The molecule has 5 rings (SSSR count). The number of nitrogens with one attached hydrogen (secondary N) is 1. The Hall–Kier alpha value is -3.89. The highest BCUT2D eigenvalue weighted by Gasteiger charge is 2.41. The SMILES string of the molecule is CC[C@H](C)[C@@H](C(=O)N[C@@H](Cc1ccccc1)[C@H](O)CN(CC1CCC1)S(=O)(=O)c1ccc(C=NO)cc1)N1CCN(Cc2csc(CN)n2)C1=O. The highest BCUT2D eigenvalue weighted by molar-refractivity contribution is 7.89. The van der Waals surface area contributed by atoms with E-state index in [0.717, 1.165) is 35.5 Å². The molecule has 3 amide bonds. The first-order valence-corrected chi connectivity index (χ1v) is 19.8. The fourth-order valence-electron chi connectivity index (χ4n) is 6.58. The minimum Gasteiger partial charge on any atom is -0.411 e. The third kappa shape index (κ3) is 9.51. The van der Waals surface area contributed by atoms with Crippen molar-refractivity contribution >= 4 is 39.5 Å². The predicted octanol–water partition coefficient (Wildman–Crippen LogP) is 3.64. The third-order valence-electron chi connectivity index (χ3n) is 9.93. The number of aromatic nitrogens is 1. The minimum absolute atomic E-state index is 0.0543. The van der Waals surface area contributed by atoms with Crippen LogP contribution in [-0.2, 0) is 34.3 Å². The van der Waals surface area contributed by atoms with Crippen LogP contribution in [0.25, 0.3) is 0 Å². The molecule has 1 saturated heterocycles. The molecule has 1 aliphatic heterocycles. The van der Waals surface area contributed by atoms with Crippen LogP contribution >= 0.6 is 11.3 Å². The van der Waals surface area contributed by atoms with Crippen LogP contribution in [0.1, 0.15) is 61.4 Å². The molecule has 2 aromatic carbocycles. The third-order valence-corrected chi connectivity index (χ3v) is 12.7. The van der Waals surface area contributed by atoms with Gasteiger partial charge in [0, 0.05) is 38.1 Å². The van der Waals surface area contributed by atoms with E-state index in [0.29, 0.717) is 38.2 Å². The fraction of sp³-hybridized carbons (Fsp3) is 0.500. The second-order valence-corrected chi connectivity index (χ2v) is 16.3. The van der Waals surface area contributed by atoms with Crippen molar-refractivity contribution in [1.29, 1.82) is 0 Å². The lowest BCUT2D eigenvalue weighted by Gasteiger charge is -2.36. The van der Waals surface area contributed by atoms with Crippen molar-refractivity contribution in [2.45, 2.75) is 82.1 Å². The van der Waals surface area contributed by atoms with Crippen LogP contribution in [0.4, 0.5) is 4.79 Å². The van der Waals surface area contributed by atoms with Gasteiger partial charge in [-0.1, -0.05) is 74.3 Å². The molecule has 0 radical (unpaired) electrons. The van der Waals surface area contributed by atoms with E-state index < -0.39 is 34.1 Å². The quantitative estimate of drug-likeness (QED) is 0.0867. The Morgan fingerprint density at radius 3 is 2.51 bits per heavy atom. The van der Waals surface area contributed by atoms with Gasteiger partial charge in [-0.25, -0.2) is 18.2 Å². The zero-order chi connectivity index (χ0) is 36.5. The summed E-state index contributed by atoms with van der Waals surface area (Å²) in [6.45, 7) is 5.35. The normalized spacial score (nSPS) is 17.9. The lowest BCUT2D eigenvalue weighted by atomic mass is 9.85. The van der Waals surface area contributed by atoms with Crippen LogP contribution in [0.5, 0.6) is 0 Å². The number of benzene rings is 2. The standard InChI is InChI=1S/C36H49N7O6S2/c1-3-25(2)34(43-17-16-41(36(43)46)22-29-24-50-33(19-37)39-29)35(45)40-31(18-26-8-5-4-6-9-26)32(44)23-42(21-28-10-7-11-28)51(48,49)30-14-12-27(13-15-30)20-38-47/h4-6,8-9,12-15,20,24-25,28,31-32,34,44,47H,3,7,10-11,16-19,21-23,37H2,1-2H3,(H,40,45)/t25-,31-,32+,34-/m0/s1. The van der Waals surface area contributed by atoms with Gasteiger partial charge in [-0.3, -0.25) is 4.79 Å². The van der Waals surface area contributed by atoms with E-state index in [2.05, 4.69) is 15.5 Å². The van der Waals surface area contributed by atoms with E-state index in [-0.39, 0.29) is 42.3 Å². The number of aliphatic hydroxyl groups excluding tert-OH is 1. The first-order valence-electron chi connectivity index (χ1n) is 17.5. The lowest BCUT2D eigenvalue weighted by Crippen LogP contribution is -2.57. The van der Waals surface area contributed by atoms with Crippen LogP contribution in [0.15, 0.2) is 70.0 Å². The van der Waals surface area contributed by atoms with E-state index in [1.165, 1.54) is 34.0 Å². The van der Waals surface area contributed by atoms with Crippen molar-refractivity contribution in [2.24, 2.45) is 22.7 Å². The second-order valence-electron chi connectivity index (χ2n) is 13.5. The number of nitrogens with two attached hydrogens (primary N) is 1. The number of rotatable bonds is 18. The Kier molecular flexibility index (Phi) is 13.2. The van der Waals surface area contributed by atoms with E-state index in [1.807, 2.05) is 49.6 Å². The van der Waals surface area contributed by atoms with Gasteiger partial charge in [-0.05, 0) is 54.4 Å². The van der Waals surface area contributed by atoms with Gasteiger partial charge in [-0.2, -0.15) is 4.31 Å². The monoisotopic (exact) mass is 739 g/mol. The van der Waals surface area contributed by atoms with Crippen molar-refractivity contribution in [1.82, 2.24) is 24.4 Å². The molecular formula is C36H49N7O6S2. The first kappa shape index (κ1) is 38.3. The topological polar surface area (TPSA) is 182 Å². The molecule has 5 N–H and O–H groups in total. The van der Waals surface area contributed by atoms with Crippen molar-refractivity contribution < 1.29 is 28.3 Å². The molecule has 0 bridgehead atoms. The number of oxime groups is 1. The maximum Gasteiger partial charge on any atom is 0.321 e. The van der Waals surface area contributed by atoms with Crippen molar-refractivity contribution in [3.8, 4) is 0 Å². The van der Waals surface area contributed by atoms with Crippen LogP contribution < -0.4 is 11.1 Å². The Labute approximate surface area is 304 Å². The maximum absolute atomic E-state index is 14.3. The summed E-state index contributed by atoms with van der Waals surface area (Å²) in [5, 5.41) is 29.5. The summed E-state index contributed by atoms with van der Waals surface area (Å²) in [7, 11) is -4.04. The molecule has 2 heterocycles. The first-order chi connectivity index (χ1) is 24.5. The Morgan fingerprint density at radius 1 is 1.18 bits per heavy atom. The largest absolute Gasteiger partial charge is 0.411 e. The van der Waals surface area contributed by atoms with Gasteiger partial charge in [-0.15, -0.1) is 11.3 Å². The summed E-state index contributed by atoms with van der Waals surface area (Å²) in [4.78, 5) is 35.8. The number of carbonyl (C=O) groups is 2. The highest BCUT2D eigenvalue weighted by Crippen LogP contribution is 2.30. The molecule has 13 nitrogen and oxygen atoms in total. The van der Waals surface area contributed by atoms with Gasteiger partial charge < -0.3 is 31.2 Å². The minimum atomic E-state index is -4.04. The Balaban J connectivity index is 1.37. The number of aliphatic hydroxyl groups is 1. The summed E-state index contributed by atoms with van der Waals surface area (Å²) in [6.07, 6.45) is 3.64. The number of carbonyl (C=O) groups excluding carboxylic acids is 2. The average Bonchev–Trinajstić information content (AvgIpc) is 3.72. The molecule has 1 aliphatic carbocycles. The van der Waals surface area contributed by atoms with E-state index >= 15 is 0 Å². The Bertz CT molecular complexity index is 1730. The summed E-state index contributed by atoms with van der Waals surface area (Å²) in [5.41, 5.74) is 7.87. The maximum atomic E-state index is 14.3. The lowest BCUT2D eigenvalue weighted by molar-refractivity contribution is -0.128. The fourth-order valence-corrected chi connectivity index (χ4v) is 8.78. The second kappa shape index (κ2) is 17.6. The van der Waals surface area contributed by atoms with E-state index in [1.54, 1.807) is 21.9 Å². The van der Waals surface area contributed by atoms with Gasteiger partial charge in [0.15, 0.2) is 0 Å². The van der Waals surface area contributed by atoms with Gasteiger partial charge in [0.25, 0.3) is 0 Å². The molecule has 276 valence electrons. The summed E-state index contributed by atoms with van der Waals surface area (Å²) >= 11 is 1.45. The van der Waals surface area contributed by atoms with Crippen molar-refractivity contribution in [2.75, 3.05) is 26.2 Å². The molecule has 0 unspecified atom stereocenters. The number of hydrogen-bond donors (Lipinski definition) is 4. The summed E-state index contributed by atoms with van der Waals surface area (Å²) < 4.78 is 29.4. The van der Waals surface area contributed by atoms with E-state index in [9.17, 15) is 23.1 Å². The zero-order valence-electron chi connectivity index (χ0n) is 29.2. The molecular weight excluding hydrogens is 691 g/mol. The van der Waals surface area contributed by atoms with Crippen LogP contribution in [-0.4, -0.2) is 100 Å². The van der Waals surface area contributed by atoms with Gasteiger partial charge in [0.05, 0.1) is 35.5 Å². The summed E-state index contributed by atoms with van der Waals surface area (Å²) in [6, 6.07) is 13.5. The number of urea groups is 1. The molecule has 2 aliphatic rings. The van der Waals surface area contributed by atoms with Gasteiger partial charge >= 0.3 is 6.03 Å². The zero-order valence-corrected chi connectivity index (χ0v) is 30.8. The summed E-state index contributed by atoms with van der Waals surface area (Å²) in [5.74, 6) is -0.422. The molecule has 15 heteroatoms. The average molecular weight is 740 g/mol. The van der Waals surface area contributed by atoms with Crippen LogP contribution in [0, 0.1) is 11.8 Å². The molecule has 1 aromatic heterocycles.